The number of nitrogens with two attached hydrogens (primary N) is 1. The highest BCUT2D eigenvalue weighted by Crippen LogP contribution is 2.17. The van der Waals surface area contributed by atoms with Crippen LogP contribution >= 0.6 is 0 Å². The van der Waals surface area contributed by atoms with E-state index in [0.29, 0.717) is 12.0 Å². The summed E-state index contributed by atoms with van der Waals surface area (Å²) in [6, 6.07) is 1.34. The fourth-order valence-electron chi connectivity index (χ4n) is 0.999. The van der Waals surface area contributed by atoms with Gasteiger partial charge in [0.05, 0.1) is 4.92 Å². The third kappa shape index (κ3) is 3.03. The Labute approximate surface area is 86.2 Å². The predicted octanol–water partition coefficient (Wildman–Crippen LogP) is 0.968. The molecular weight excluding hydrogens is 198 g/mol. The number of nitrogen functional groups attached to an aromatic ring is 1. The van der Waals surface area contributed by atoms with Crippen LogP contribution < -0.4 is 5.73 Å². The average molecular weight is 209 g/mol. The zero-order chi connectivity index (χ0) is 11.3. The Morgan fingerprint density at radius 3 is 3.00 bits per heavy atom. The maximum Gasteiger partial charge on any atom is 0.288 e. The van der Waals surface area contributed by atoms with Crippen molar-refractivity contribution in [2.24, 2.45) is 0 Å². The number of hydrogen-bond donors (Lipinski definition) is 2. The van der Waals surface area contributed by atoms with E-state index in [-0.39, 0.29) is 18.1 Å². The van der Waals surface area contributed by atoms with Crippen molar-refractivity contribution in [2.75, 3.05) is 12.3 Å². The lowest BCUT2D eigenvalue weighted by Crippen LogP contribution is -1.96. The SMILES string of the molecule is Nc1ncc([N+](=O)[O-])cc1C=CCCO. The van der Waals surface area contributed by atoms with Gasteiger partial charge in [0.2, 0.25) is 0 Å². The lowest BCUT2D eigenvalue weighted by Gasteiger charge is -1.98. The highest BCUT2D eigenvalue weighted by molar-refractivity contribution is 5.63. The van der Waals surface area contributed by atoms with Crippen molar-refractivity contribution in [3.05, 3.63) is 34.0 Å². The monoisotopic (exact) mass is 209 g/mol. The summed E-state index contributed by atoms with van der Waals surface area (Å²) in [7, 11) is 0. The maximum atomic E-state index is 10.5. The van der Waals surface area contributed by atoms with Crippen LogP contribution in [0.15, 0.2) is 18.3 Å². The molecule has 0 aliphatic rings. The summed E-state index contributed by atoms with van der Waals surface area (Å²) in [5, 5.41) is 19.0. The minimum atomic E-state index is -0.532. The molecule has 0 amide bonds. The smallest absolute Gasteiger partial charge is 0.288 e. The topological polar surface area (TPSA) is 102 Å². The Kier molecular flexibility index (Phi) is 3.75. The summed E-state index contributed by atoms with van der Waals surface area (Å²) < 4.78 is 0. The van der Waals surface area contributed by atoms with Crippen LogP contribution in [-0.2, 0) is 0 Å². The molecule has 3 N–H and O–H groups in total. The predicted molar refractivity (Wildman–Crippen MR) is 56.0 cm³/mol. The van der Waals surface area contributed by atoms with Crippen molar-refractivity contribution < 1.29 is 10.0 Å². The molecule has 15 heavy (non-hydrogen) atoms. The number of nitro groups is 1. The van der Waals surface area contributed by atoms with Gasteiger partial charge in [-0.25, -0.2) is 4.98 Å². The van der Waals surface area contributed by atoms with Gasteiger partial charge >= 0.3 is 0 Å². The molecule has 0 atom stereocenters. The largest absolute Gasteiger partial charge is 0.396 e. The van der Waals surface area contributed by atoms with Gasteiger partial charge < -0.3 is 10.8 Å². The zero-order valence-electron chi connectivity index (χ0n) is 7.96. The second kappa shape index (κ2) is 5.06. The van der Waals surface area contributed by atoms with Crippen LogP contribution in [0.5, 0.6) is 0 Å². The molecule has 0 fully saturated rings. The van der Waals surface area contributed by atoms with Gasteiger partial charge in [0.15, 0.2) is 0 Å². The quantitative estimate of drug-likeness (QED) is 0.568. The van der Waals surface area contributed by atoms with E-state index in [4.69, 9.17) is 10.8 Å². The normalized spacial score (nSPS) is 10.7. The first-order chi connectivity index (χ1) is 7.15. The first kappa shape index (κ1) is 11.1. The van der Waals surface area contributed by atoms with Gasteiger partial charge in [-0.3, -0.25) is 10.1 Å². The second-order valence-corrected chi connectivity index (χ2v) is 2.84. The van der Waals surface area contributed by atoms with E-state index in [0.717, 1.165) is 6.20 Å². The lowest BCUT2D eigenvalue weighted by atomic mass is 10.2. The Hall–Kier alpha value is -1.95. The first-order valence-electron chi connectivity index (χ1n) is 4.32. The van der Waals surface area contributed by atoms with Crippen molar-refractivity contribution in [1.29, 1.82) is 0 Å². The van der Waals surface area contributed by atoms with Crippen molar-refractivity contribution in [2.45, 2.75) is 6.42 Å². The minimum absolute atomic E-state index is 0.0265. The van der Waals surface area contributed by atoms with Crippen LogP contribution in [0.2, 0.25) is 0 Å². The number of pyridine rings is 1. The molecular formula is C9H11N3O3. The molecule has 0 unspecified atom stereocenters. The molecule has 0 bridgehead atoms. The second-order valence-electron chi connectivity index (χ2n) is 2.84. The van der Waals surface area contributed by atoms with Gasteiger partial charge in [-0.1, -0.05) is 12.2 Å². The van der Waals surface area contributed by atoms with E-state index in [9.17, 15) is 10.1 Å². The van der Waals surface area contributed by atoms with E-state index in [1.165, 1.54) is 6.07 Å². The molecule has 0 saturated carbocycles. The summed E-state index contributed by atoms with van der Waals surface area (Å²) in [6.45, 7) is 0.0265. The summed E-state index contributed by atoms with van der Waals surface area (Å²) in [5.41, 5.74) is 5.90. The van der Waals surface area contributed by atoms with Crippen molar-refractivity contribution >= 4 is 17.6 Å². The molecule has 0 aliphatic heterocycles. The molecule has 0 aliphatic carbocycles. The lowest BCUT2D eigenvalue weighted by molar-refractivity contribution is -0.385. The number of hydrogen-bond acceptors (Lipinski definition) is 5. The number of rotatable bonds is 4. The molecule has 1 rings (SSSR count). The third-order valence-electron chi connectivity index (χ3n) is 1.74. The molecule has 1 heterocycles. The van der Waals surface area contributed by atoms with E-state index >= 15 is 0 Å². The highest BCUT2D eigenvalue weighted by atomic mass is 16.6. The van der Waals surface area contributed by atoms with Crippen molar-refractivity contribution in [3.8, 4) is 0 Å². The Bertz CT molecular complexity index is 390. The van der Waals surface area contributed by atoms with Gasteiger partial charge in [0.1, 0.15) is 12.0 Å². The third-order valence-corrected chi connectivity index (χ3v) is 1.74. The fourth-order valence-corrected chi connectivity index (χ4v) is 0.999. The average Bonchev–Trinajstić information content (AvgIpc) is 2.20. The van der Waals surface area contributed by atoms with Crippen molar-refractivity contribution in [3.63, 3.8) is 0 Å². The maximum absolute atomic E-state index is 10.5. The molecule has 80 valence electrons. The van der Waals surface area contributed by atoms with E-state index < -0.39 is 4.92 Å². The molecule has 0 spiro atoms. The Morgan fingerprint density at radius 1 is 1.67 bits per heavy atom. The van der Waals surface area contributed by atoms with Crippen LogP contribution in [0.25, 0.3) is 6.08 Å². The zero-order valence-corrected chi connectivity index (χ0v) is 7.96. The summed E-state index contributed by atoms with van der Waals surface area (Å²) >= 11 is 0. The number of aliphatic hydroxyl groups is 1. The van der Waals surface area contributed by atoms with Gasteiger partial charge in [0.25, 0.3) is 5.69 Å². The van der Waals surface area contributed by atoms with Crippen LogP contribution in [0.3, 0.4) is 0 Å². The molecule has 1 aromatic rings. The van der Waals surface area contributed by atoms with Crippen LogP contribution in [0.1, 0.15) is 12.0 Å². The minimum Gasteiger partial charge on any atom is -0.396 e. The van der Waals surface area contributed by atoms with E-state index in [1.54, 1.807) is 12.2 Å². The standard InChI is InChI=1S/C9H11N3O3/c10-9-7(3-1-2-4-13)5-8(6-11-9)12(14)15/h1,3,5-6,13H,2,4H2,(H2,10,11). The summed E-state index contributed by atoms with van der Waals surface area (Å²) in [4.78, 5) is 13.6. The van der Waals surface area contributed by atoms with Gasteiger partial charge in [-0.05, 0) is 6.42 Å². The number of aromatic nitrogens is 1. The molecule has 1 aromatic heterocycles. The summed E-state index contributed by atoms with van der Waals surface area (Å²) in [5.74, 6) is 0.231. The van der Waals surface area contributed by atoms with Crippen LogP contribution in [0.4, 0.5) is 11.5 Å². The van der Waals surface area contributed by atoms with Crippen LogP contribution in [0, 0.1) is 10.1 Å². The number of nitrogens with zero attached hydrogens (tertiary/aromatic N) is 2. The molecule has 0 aromatic carbocycles. The molecule has 6 nitrogen and oxygen atoms in total. The highest BCUT2D eigenvalue weighted by Gasteiger charge is 2.08. The molecule has 6 heteroatoms. The van der Waals surface area contributed by atoms with Gasteiger partial charge in [-0.15, -0.1) is 0 Å². The molecule has 0 radical (unpaired) electrons. The fraction of sp³-hybridized carbons (Fsp3) is 0.222. The Balaban J connectivity index is 2.95. The van der Waals surface area contributed by atoms with Crippen LogP contribution in [-0.4, -0.2) is 21.6 Å². The summed E-state index contributed by atoms with van der Waals surface area (Å²) in [6.07, 6.45) is 4.86. The van der Waals surface area contributed by atoms with Gasteiger partial charge in [0, 0.05) is 18.2 Å². The number of anilines is 1. The van der Waals surface area contributed by atoms with E-state index in [2.05, 4.69) is 4.98 Å². The molecule has 0 saturated heterocycles. The van der Waals surface area contributed by atoms with Gasteiger partial charge in [-0.2, -0.15) is 0 Å². The number of aliphatic hydroxyl groups excluding tert-OH is 1. The van der Waals surface area contributed by atoms with E-state index in [1.807, 2.05) is 0 Å². The first-order valence-corrected chi connectivity index (χ1v) is 4.32. The Morgan fingerprint density at radius 2 is 2.40 bits per heavy atom. The van der Waals surface area contributed by atoms with Crippen molar-refractivity contribution in [1.82, 2.24) is 4.98 Å².